The Balaban J connectivity index is 1.99. The number of amides is 1. The zero-order chi connectivity index (χ0) is 14.8. The monoisotopic (exact) mass is 281 g/mol. The molecule has 0 spiro atoms. The van der Waals surface area contributed by atoms with Crippen LogP contribution >= 0.6 is 0 Å². The zero-order valence-electron chi connectivity index (χ0n) is 12.3. The first-order valence-electron chi connectivity index (χ1n) is 6.98. The van der Waals surface area contributed by atoms with Gasteiger partial charge >= 0.3 is 6.09 Å². The molecular formula is C13H23N5O2. The van der Waals surface area contributed by atoms with Crippen molar-refractivity contribution in [1.29, 1.82) is 0 Å². The highest BCUT2D eigenvalue weighted by atomic mass is 16.6. The number of hydrogen-bond acceptors (Lipinski definition) is 5. The van der Waals surface area contributed by atoms with Crippen molar-refractivity contribution in [3.8, 4) is 0 Å². The summed E-state index contributed by atoms with van der Waals surface area (Å²) in [6.45, 7) is 7.27. The highest BCUT2D eigenvalue weighted by molar-refractivity contribution is 5.68. The van der Waals surface area contributed by atoms with Crippen molar-refractivity contribution in [2.45, 2.75) is 51.7 Å². The molecule has 1 amide bonds. The molecule has 1 fully saturated rings. The third-order valence-electron chi connectivity index (χ3n) is 3.18. The lowest BCUT2D eigenvalue weighted by molar-refractivity contribution is 0.0196. The molecule has 1 aromatic rings. The number of nitrogens with two attached hydrogens (primary N) is 1. The van der Waals surface area contributed by atoms with E-state index in [1.165, 1.54) is 0 Å². The second-order valence-electron chi connectivity index (χ2n) is 6.11. The molecule has 2 heterocycles. The predicted octanol–water partition coefficient (Wildman–Crippen LogP) is 1.38. The third-order valence-corrected chi connectivity index (χ3v) is 3.18. The number of nitrogens with one attached hydrogen (secondary N) is 1. The Labute approximate surface area is 118 Å². The first kappa shape index (κ1) is 14.8. The molecule has 7 nitrogen and oxygen atoms in total. The van der Waals surface area contributed by atoms with Gasteiger partial charge in [0.25, 0.3) is 0 Å². The summed E-state index contributed by atoms with van der Waals surface area (Å²) < 4.78 is 5.41. The predicted molar refractivity (Wildman–Crippen MR) is 74.1 cm³/mol. The van der Waals surface area contributed by atoms with Crippen LogP contribution in [0.3, 0.4) is 0 Å². The van der Waals surface area contributed by atoms with Crippen LogP contribution in [0.5, 0.6) is 0 Å². The van der Waals surface area contributed by atoms with E-state index in [2.05, 4.69) is 15.2 Å². The number of aromatic amines is 1. The van der Waals surface area contributed by atoms with E-state index in [-0.39, 0.29) is 12.0 Å². The first-order valence-corrected chi connectivity index (χ1v) is 6.98. The van der Waals surface area contributed by atoms with E-state index >= 15 is 0 Å². The lowest BCUT2D eigenvalue weighted by Crippen LogP contribution is -2.42. The maximum atomic E-state index is 12.1. The lowest BCUT2D eigenvalue weighted by Gasteiger charge is -2.33. The minimum absolute atomic E-state index is 0.146. The van der Waals surface area contributed by atoms with E-state index in [4.69, 9.17) is 10.5 Å². The van der Waals surface area contributed by atoms with E-state index in [1.807, 2.05) is 20.8 Å². The summed E-state index contributed by atoms with van der Waals surface area (Å²) in [7, 11) is 0. The van der Waals surface area contributed by atoms with Gasteiger partial charge in [-0.15, -0.1) is 0 Å². The van der Waals surface area contributed by atoms with Gasteiger partial charge in [0.2, 0.25) is 0 Å². The largest absolute Gasteiger partial charge is 0.444 e. The van der Waals surface area contributed by atoms with Crippen LogP contribution < -0.4 is 5.73 Å². The van der Waals surface area contributed by atoms with Crippen LogP contribution in [0, 0.1) is 0 Å². The van der Waals surface area contributed by atoms with Gasteiger partial charge in [0, 0.05) is 19.0 Å². The molecule has 1 atom stereocenters. The van der Waals surface area contributed by atoms with Gasteiger partial charge in [-0.05, 0) is 33.6 Å². The van der Waals surface area contributed by atoms with E-state index in [0.717, 1.165) is 25.2 Å². The van der Waals surface area contributed by atoms with Gasteiger partial charge < -0.3 is 15.4 Å². The lowest BCUT2D eigenvalue weighted by atomic mass is 9.98. The van der Waals surface area contributed by atoms with Crippen molar-refractivity contribution >= 4 is 6.09 Å². The van der Waals surface area contributed by atoms with Gasteiger partial charge in [-0.1, -0.05) is 0 Å². The molecule has 1 saturated heterocycles. The fourth-order valence-electron chi connectivity index (χ4n) is 2.26. The Bertz CT molecular complexity index is 466. The zero-order valence-corrected chi connectivity index (χ0v) is 12.3. The van der Waals surface area contributed by atoms with Crippen LogP contribution in [-0.4, -0.2) is 44.9 Å². The molecule has 0 aliphatic carbocycles. The number of carbonyl (C=O) groups is 1. The van der Waals surface area contributed by atoms with Crippen molar-refractivity contribution in [2.75, 3.05) is 13.1 Å². The third kappa shape index (κ3) is 3.69. The van der Waals surface area contributed by atoms with E-state index in [1.54, 1.807) is 4.90 Å². The molecule has 3 N–H and O–H groups in total. The molecule has 20 heavy (non-hydrogen) atoms. The van der Waals surface area contributed by atoms with Crippen LogP contribution in [0.4, 0.5) is 4.79 Å². The number of hydrogen-bond donors (Lipinski definition) is 2. The van der Waals surface area contributed by atoms with Gasteiger partial charge in [0.05, 0.1) is 6.54 Å². The van der Waals surface area contributed by atoms with Gasteiger partial charge in [-0.25, -0.2) is 9.78 Å². The summed E-state index contributed by atoms with van der Waals surface area (Å²) in [5.74, 6) is 1.56. The number of carbonyl (C=O) groups excluding carboxylic acids is 1. The van der Waals surface area contributed by atoms with Gasteiger partial charge in [-0.2, -0.15) is 5.10 Å². The standard InChI is InChI=1S/C13H23N5O2/c1-13(2,3)20-12(19)18-6-4-5-9(8-18)11-15-10(7-14)16-17-11/h9H,4-8,14H2,1-3H3,(H,15,16,17). The molecule has 0 saturated carbocycles. The molecule has 1 unspecified atom stereocenters. The second kappa shape index (κ2) is 5.78. The summed E-state index contributed by atoms with van der Waals surface area (Å²) in [5.41, 5.74) is 5.05. The van der Waals surface area contributed by atoms with Crippen LogP contribution in [0.2, 0.25) is 0 Å². The maximum Gasteiger partial charge on any atom is 0.410 e. The first-order chi connectivity index (χ1) is 9.39. The van der Waals surface area contributed by atoms with E-state index in [0.29, 0.717) is 18.9 Å². The van der Waals surface area contributed by atoms with Gasteiger partial charge in [-0.3, -0.25) is 5.10 Å². The number of nitrogens with zero attached hydrogens (tertiary/aromatic N) is 3. The van der Waals surface area contributed by atoms with E-state index in [9.17, 15) is 4.79 Å². The summed E-state index contributed by atoms with van der Waals surface area (Å²) in [6.07, 6.45) is 1.63. The molecule has 0 aromatic carbocycles. The molecule has 7 heteroatoms. The Hall–Kier alpha value is -1.63. The summed E-state index contributed by atoms with van der Waals surface area (Å²) >= 11 is 0. The van der Waals surface area contributed by atoms with Crippen molar-refractivity contribution < 1.29 is 9.53 Å². The summed E-state index contributed by atoms with van der Waals surface area (Å²) in [6, 6.07) is 0. The SMILES string of the molecule is CC(C)(C)OC(=O)N1CCCC(c2n[nH]c(CN)n2)C1. The average Bonchev–Trinajstić information content (AvgIpc) is 2.85. The number of piperidine rings is 1. The molecule has 0 radical (unpaired) electrons. The summed E-state index contributed by atoms with van der Waals surface area (Å²) in [4.78, 5) is 18.2. The Morgan fingerprint density at radius 1 is 1.55 bits per heavy atom. The average molecular weight is 281 g/mol. The molecule has 0 bridgehead atoms. The van der Waals surface area contributed by atoms with Crippen molar-refractivity contribution in [1.82, 2.24) is 20.1 Å². The van der Waals surface area contributed by atoms with Crippen LogP contribution in [-0.2, 0) is 11.3 Å². The fraction of sp³-hybridized carbons (Fsp3) is 0.769. The van der Waals surface area contributed by atoms with Gasteiger partial charge in [0.15, 0.2) is 5.82 Å². The molecule has 2 rings (SSSR count). The molecule has 1 aliphatic heterocycles. The van der Waals surface area contributed by atoms with E-state index < -0.39 is 5.60 Å². The Kier molecular flexibility index (Phi) is 4.27. The van der Waals surface area contributed by atoms with Crippen LogP contribution in [0.15, 0.2) is 0 Å². The minimum atomic E-state index is -0.471. The molecular weight excluding hydrogens is 258 g/mol. The molecule has 1 aromatic heterocycles. The summed E-state index contributed by atoms with van der Waals surface area (Å²) in [5, 5.41) is 7.00. The number of rotatable bonds is 2. The quantitative estimate of drug-likeness (QED) is 0.853. The number of aromatic nitrogens is 3. The fourth-order valence-corrected chi connectivity index (χ4v) is 2.26. The molecule has 112 valence electrons. The Morgan fingerprint density at radius 3 is 2.90 bits per heavy atom. The maximum absolute atomic E-state index is 12.1. The number of H-pyrrole nitrogens is 1. The van der Waals surface area contributed by atoms with Crippen molar-refractivity contribution in [3.05, 3.63) is 11.6 Å². The van der Waals surface area contributed by atoms with Crippen LogP contribution in [0.1, 0.15) is 51.2 Å². The van der Waals surface area contributed by atoms with Crippen LogP contribution in [0.25, 0.3) is 0 Å². The number of likely N-dealkylation sites (tertiary alicyclic amines) is 1. The topological polar surface area (TPSA) is 97.1 Å². The van der Waals surface area contributed by atoms with Crippen molar-refractivity contribution in [2.24, 2.45) is 5.73 Å². The Morgan fingerprint density at radius 2 is 2.30 bits per heavy atom. The van der Waals surface area contributed by atoms with Gasteiger partial charge in [0.1, 0.15) is 11.4 Å². The second-order valence-corrected chi connectivity index (χ2v) is 6.11. The highest BCUT2D eigenvalue weighted by Crippen LogP contribution is 2.25. The smallest absolute Gasteiger partial charge is 0.410 e. The minimum Gasteiger partial charge on any atom is -0.444 e. The van der Waals surface area contributed by atoms with Crippen molar-refractivity contribution in [3.63, 3.8) is 0 Å². The normalized spacial score (nSPS) is 20.0. The molecule has 1 aliphatic rings. The highest BCUT2D eigenvalue weighted by Gasteiger charge is 2.30. The number of ether oxygens (including phenoxy) is 1.